The summed E-state index contributed by atoms with van der Waals surface area (Å²) in [6, 6.07) is 7.84. The number of para-hydroxylation sites is 2. The van der Waals surface area contributed by atoms with Crippen molar-refractivity contribution in [3.63, 3.8) is 0 Å². The molecule has 1 amide bonds. The number of benzene rings is 1. The van der Waals surface area contributed by atoms with Crippen LogP contribution >= 0.6 is 0 Å². The predicted octanol–water partition coefficient (Wildman–Crippen LogP) is 2.58. The number of piperidine rings is 1. The van der Waals surface area contributed by atoms with Gasteiger partial charge < -0.3 is 20.1 Å². The molecule has 1 atom stereocenters. The van der Waals surface area contributed by atoms with E-state index in [1.54, 1.807) is 0 Å². The molecular formula is C18H28N2O3. The topological polar surface area (TPSA) is 64.8 Å². The number of likely N-dealkylation sites (tertiary alicyclic amines) is 1. The number of hydrogen-bond donors (Lipinski definition) is 1. The number of hydrogen-bond acceptors (Lipinski definition) is 4. The standard InChI is InChI=1S/C18H28N2O3/c1-2-22-16-9-3-4-10-17(16)23-13-7-11-18(21)20-12-6-5-8-15(20)14-19/h3-4,9-10,15H,2,5-8,11-14,19H2,1H3. The Balaban J connectivity index is 1.75. The normalized spacial score (nSPS) is 17.8. The van der Waals surface area contributed by atoms with Crippen LogP contribution in [0.15, 0.2) is 24.3 Å². The second-order valence-corrected chi connectivity index (χ2v) is 5.80. The molecule has 0 radical (unpaired) electrons. The first-order chi connectivity index (χ1) is 11.3. The Kier molecular flexibility index (Phi) is 7.20. The number of rotatable bonds is 8. The molecule has 0 aliphatic carbocycles. The van der Waals surface area contributed by atoms with Gasteiger partial charge in [0.25, 0.3) is 0 Å². The summed E-state index contributed by atoms with van der Waals surface area (Å²) in [6.45, 7) is 4.46. The molecule has 1 fully saturated rings. The van der Waals surface area contributed by atoms with Gasteiger partial charge in [0.2, 0.25) is 5.91 Å². The molecular weight excluding hydrogens is 292 g/mol. The maximum Gasteiger partial charge on any atom is 0.222 e. The Labute approximate surface area is 138 Å². The Hall–Kier alpha value is -1.75. The molecule has 1 aliphatic heterocycles. The summed E-state index contributed by atoms with van der Waals surface area (Å²) >= 11 is 0. The van der Waals surface area contributed by atoms with Crippen molar-refractivity contribution in [3.8, 4) is 11.5 Å². The quantitative estimate of drug-likeness (QED) is 0.748. The molecule has 1 heterocycles. The first-order valence-corrected chi connectivity index (χ1v) is 8.60. The Morgan fingerprint density at radius 2 is 2.00 bits per heavy atom. The first-order valence-electron chi connectivity index (χ1n) is 8.60. The van der Waals surface area contributed by atoms with Gasteiger partial charge in [-0.25, -0.2) is 0 Å². The molecule has 1 saturated heterocycles. The number of nitrogens with zero attached hydrogens (tertiary/aromatic N) is 1. The molecule has 2 rings (SSSR count). The van der Waals surface area contributed by atoms with Crippen molar-refractivity contribution in [2.24, 2.45) is 5.73 Å². The molecule has 1 aromatic rings. The molecule has 1 unspecified atom stereocenters. The fourth-order valence-electron chi connectivity index (χ4n) is 2.97. The number of carbonyl (C=O) groups is 1. The maximum absolute atomic E-state index is 12.3. The van der Waals surface area contributed by atoms with E-state index in [0.717, 1.165) is 30.9 Å². The number of nitrogens with two attached hydrogens (primary N) is 1. The van der Waals surface area contributed by atoms with Crippen molar-refractivity contribution in [2.45, 2.75) is 45.1 Å². The summed E-state index contributed by atoms with van der Waals surface area (Å²) < 4.78 is 11.3. The fourth-order valence-corrected chi connectivity index (χ4v) is 2.97. The highest BCUT2D eigenvalue weighted by Crippen LogP contribution is 2.26. The lowest BCUT2D eigenvalue weighted by atomic mass is 10.0. The average Bonchev–Trinajstić information content (AvgIpc) is 2.60. The molecule has 1 aromatic carbocycles. The lowest BCUT2D eigenvalue weighted by Gasteiger charge is -2.35. The van der Waals surface area contributed by atoms with Crippen LogP contribution in [-0.2, 0) is 4.79 Å². The van der Waals surface area contributed by atoms with Gasteiger partial charge in [-0.05, 0) is 44.7 Å². The van der Waals surface area contributed by atoms with Gasteiger partial charge in [-0.1, -0.05) is 12.1 Å². The molecule has 5 nitrogen and oxygen atoms in total. The van der Waals surface area contributed by atoms with Crippen LogP contribution < -0.4 is 15.2 Å². The first kappa shape index (κ1) is 17.6. The summed E-state index contributed by atoms with van der Waals surface area (Å²) in [6.07, 6.45) is 4.49. The SMILES string of the molecule is CCOc1ccccc1OCCCC(=O)N1CCCCC1CN. The van der Waals surface area contributed by atoms with Crippen LogP contribution in [0.5, 0.6) is 11.5 Å². The van der Waals surface area contributed by atoms with Crippen LogP contribution in [0, 0.1) is 0 Å². The van der Waals surface area contributed by atoms with Crippen molar-refractivity contribution < 1.29 is 14.3 Å². The van der Waals surface area contributed by atoms with Crippen molar-refractivity contribution in [2.75, 3.05) is 26.3 Å². The minimum absolute atomic E-state index is 0.196. The van der Waals surface area contributed by atoms with Crippen LogP contribution in [-0.4, -0.2) is 43.2 Å². The summed E-state index contributed by atoms with van der Waals surface area (Å²) in [5.41, 5.74) is 5.77. The Morgan fingerprint density at radius 3 is 2.70 bits per heavy atom. The molecule has 0 spiro atoms. The highest BCUT2D eigenvalue weighted by molar-refractivity contribution is 5.76. The molecule has 2 N–H and O–H groups in total. The van der Waals surface area contributed by atoms with E-state index < -0.39 is 0 Å². The van der Waals surface area contributed by atoms with Gasteiger partial charge in [0.15, 0.2) is 11.5 Å². The Morgan fingerprint density at radius 1 is 1.26 bits per heavy atom. The van der Waals surface area contributed by atoms with Gasteiger partial charge in [0, 0.05) is 25.6 Å². The maximum atomic E-state index is 12.3. The smallest absolute Gasteiger partial charge is 0.222 e. The highest BCUT2D eigenvalue weighted by Gasteiger charge is 2.24. The molecule has 128 valence electrons. The average molecular weight is 320 g/mol. The van der Waals surface area contributed by atoms with Crippen LogP contribution in [0.4, 0.5) is 0 Å². The van der Waals surface area contributed by atoms with E-state index in [0.29, 0.717) is 32.6 Å². The highest BCUT2D eigenvalue weighted by atomic mass is 16.5. The van der Waals surface area contributed by atoms with Crippen molar-refractivity contribution in [3.05, 3.63) is 24.3 Å². The zero-order chi connectivity index (χ0) is 16.5. The molecule has 5 heteroatoms. The van der Waals surface area contributed by atoms with Crippen LogP contribution in [0.1, 0.15) is 39.0 Å². The Bertz CT molecular complexity index is 493. The van der Waals surface area contributed by atoms with Gasteiger partial charge in [-0.2, -0.15) is 0 Å². The van der Waals surface area contributed by atoms with Crippen molar-refractivity contribution in [1.29, 1.82) is 0 Å². The van der Waals surface area contributed by atoms with Crippen molar-refractivity contribution in [1.82, 2.24) is 4.90 Å². The van der Waals surface area contributed by atoms with E-state index in [1.165, 1.54) is 6.42 Å². The van der Waals surface area contributed by atoms with Gasteiger partial charge >= 0.3 is 0 Å². The lowest BCUT2D eigenvalue weighted by Crippen LogP contribution is -2.47. The zero-order valence-corrected chi connectivity index (χ0v) is 14.0. The fraction of sp³-hybridized carbons (Fsp3) is 0.611. The number of carbonyl (C=O) groups excluding carboxylic acids is 1. The van der Waals surface area contributed by atoms with Gasteiger partial charge in [0.1, 0.15) is 0 Å². The molecule has 1 aliphatic rings. The lowest BCUT2D eigenvalue weighted by molar-refractivity contribution is -0.134. The summed E-state index contributed by atoms with van der Waals surface area (Å²) in [5.74, 6) is 1.68. The van der Waals surface area contributed by atoms with E-state index in [4.69, 9.17) is 15.2 Å². The van der Waals surface area contributed by atoms with Crippen LogP contribution in [0.3, 0.4) is 0 Å². The van der Waals surface area contributed by atoms with E-state index in [1.807, 2.05) is 36.1 Å². The molecule has 0 bridgehead atoms. The predicted molar refractivity (Wildman–Crippen MR) is 90.7 cm³/mol. The zero-order valence-electron chi connectivity index (χ0n) is 14.0. The van der Waals surface area contributed by atoms with Crippen LogP contribution in [0.2, 0.25) is 0 Å². The largest absolute Gasteiger partial charge is 0.490 e. The molecule has 23 heavy (non-hydrogen) atoms. The summed E-state index contributed by atoms with van der Waals surface area (Å²) in [5, 5.41) is 0. The summed E-state index contributed by atoms with van der Waals surface area (Å²) in [4.78, 5) is 14.3. The molecule has 0 aromatic heterocycles. The van der Waals surface area contributed by atoms with Crippen molar-refractivity contribution >= 4 is 5.91 Å². The van der Waals surface area contributed by atoms with E-state index in [-0.39, 0.29) is 11.9 Å². The molecule has 0 saturated carbocycles. The number of amides is 1. The third-order valence-corrected chi connectivity index (χ3v) is 4.16. The second-order valence-electron chi connectivity index (χ2n) is 5.80. The summed E-state index contributed by atoms with van der Waals surface area (Å²) in [7, 11) is 0. The third kappa shape index (κ3) is 5.13. The van der Waals surface area contributed by atoms with Crippen LogP contribution in [0.25, 0.3) is 0 Å². The third-order valence-electron chi connectivity index (χ3n) is 4.16. The van der Waals surface area contributed by atoms with E-state index in [2.05, 4.69) is 0 Å². The monoisotopic (exact) mass is 320 g/mol. The van der Waals surface area contributed by atoms with Gasteiger partial charge in [-0.15, -0.1) is 0 Å². The minimum atomic E-state index is 0.196. The minimum Gasteiger partial charge on any atom is -0.490 e. The number of ether oxygens (including phenoxy) is 2. The second kappa shape index (κ2) is 9.40. The van der Waals surface area contributed by atoms with Gasteiger partial charge in [0.05, 0.1) is 13.2 Å². The van der Waals surface area contributed by atoms with E-state index in [9.17, 15) is 4.79 Å². The van der Waals surface area contributed by atoms with Gasteiger partial charge in [-0.3, -0.25) is 4.79 Å². The van der Waals surface area contributed by atoms with E-state index >= 15 is 0 Å².